The van der Waals surface area contributed by atoms with Crippen LogP contribution in [0.4, 0.5) is 15.8 Å². The number of imide groups is 2. The van der Waals surface area contributed by atoms with Crippen LogP contribution in [-0.2, 0) is 9.59 Å². The number of allylic oxidation sites excluding steroid dienone is 1. The van der Waals surface area contributed by atoms with E-state index in [-0.39, 0.29) is 47.6 Å². The molecular formula is C47H47ClFN5O6. The highest BCUT2D eigenvalue weighted by molar-refractivity contribution is 6.24. The van der Waals surface area contributed by atoms with E-state index in [1.807, 2.05) is 24.3 Å². The Kier molecular flexibility index (Phi) is 10.8. The smallest absolute Gasteiger partial charge is 0.262 e. The van der Waals surface area contributed by atoms with E-state index < -0.39 is 35.5 Å². The van der Waals surface area contributed by atoms with Crippen molar-refractivity contribution in [2.75, 3.05) is 48.4 Å². The molecule has 4 amide bonds. The molecule has 60 heavy (non-hydrogen) atoms. The fourth-order valence-corrected chi connectivity index (χ4v) is 10.3. The van der Waals surface area contributed by atoms with Crippen LogP contribution in [0, 0.1) is 11.7 Å². The second kappa shape index (κ2) is 16.4. The lowest BCUT2D eigenvalue weighted by Gasteiger charge is -2.44. The largest absolute Gasteiger partial charge is 0.508 e. The zero-order valence-corrected chi connectivity index (χ0v) is 33.9. The van der Waals surface area contributed by atoms with Gasteiger partial charge in [0.2, 0.25) is 11.8 Å². The number of aromatic hydroxyl groups is 2. The Labute approximate surface area is 353 Å². The van der Waals surface area contributed by atoms with Crippen molar-refractivity contribution >= 4 is 57.8 Å². The first kappa shape index (κ1) is 39.7. The number of alkyl halides is 1. The van der Waals surface area contributed by atoms with E-state index >= 15 is 4.39 Å². The maximum Gasteiger partial charge on any atom is 0.262 e. The van der Waals surface area contributed by atoms with Crippen molar-refractivity contribution < 1.29 is 33.8 Å². The molecule has 2 bridgehead atoms. The summed E-state index contributed by atoms with van der Waals surface area (Å²) in [6, 6.07) is 24.8. The molecule has 11 nitrogen and oxygen atoms in total. The van der Waals surface area contributed by atoms with Gasteiger partial charge in [-0.15, -0.1) is 11.6 Å². The quantitative estimate of drug-likeness (QED) is 0.0898. The van der Waals surface area contributed by atoms with Crippen LogP contribution in [-0.4, -0.2) is 100 Å². The van der Waals surface area contributed by atoms with Gasteiger partial charge in [-0.2, -0.15) is 0 Å². The fraction of sp³-hybridized carbons (Fsp3) is 0.362. The third-order valence-electron chi connectivity index (χ3n) is 13.0. The summed E-state index contributed by atoms with van der Waals surface area (Å²) < 4.78 is 15.9. The van der Waals surface area contributed by atoms with E-state index in [0.29, 0.717) is 23.9 Å². The van der Waals surface area contributed by atoms with Gasteiger partial charge in [-0.3, -0.25) is 34.3 Å². The summed E-state index contributed by atoms with van der Waals surface area (Å²) in [7, 11) is 0. The molecule has 0 radical (unpaired) electrons. The number of rotatable bonds is 10. The number of nitrogens with zero attached hydrogens (tertiary/aromatic N) is 4. The summed E-state index contributed by atoms with van der Waals surface area (Å²) in [5, 5.41) is 22.2. The predicted molar refractivity (Wildman–Crippen MR) is 228 cm³/mol. The van der Waals surface area contributed by atoms with Gasteiger partial charge in [-0.1, -0.05) is 36.4 Å². The maximum atomic E-state index is 15.9. The summed E-state index contributed by atoms with van der Waals surface area (Å²) >= 11 is 6.35. The van der Waals surface area contributed by atoms with Crippen LogP contribution in [0.15, 0.2) is 84.9 Å². The van der Waals surface area contributed by atoms with Crippen LogP contribution >= 0.6 is 11.6 Å². The number of phenols is 2. The highest BCUT2D eigenvalue weighted by Gasteiger charge is 2.47. The monoisotopic (exact) mass is 831 g/mol. The van der Waals surface area contributed by atoms with Gasteiger partial charge in [-0.05, 0) is 121 Å². The minimum Gasteiger partial charge on any atom is -0.508 e. The van der Waals surface area contributed by atoms with E-state index in [2.05, 4.69) is 44.3 Å². The van der Waals surface area contributed by atoms with Crippen LogP contribution in [0.25, 0.3) is 11.1 Å². The molecule has 5 aliphatic heterocycles. The first-order valence-corrected chi connectivity index (χ1v) is 21.4. The fourth-order valence-electron chi connectivity index (χ4n) is 10.1. The van der Waals surface area contributed by atoms with Crippen molar-refractivity contribution in [3.05, 3.63) is 119 Å². The van der Waals surface area contributed by atoms with Crippen molar-refractivity contribution in [2.45, 2.75) is 63.1 Å². The SMILES string of the molecule is O=C1CCC(N2C(=O)c3cc(F)c(N4C5CCC4CN(CC4CCN(c6ccc(C(=C(CCCl)c7ccc(O)cc7)c7ccc(O)cc7)cc6)CC4)C5)cc3C2=O)C(=O)N1. The molecule has 13 heteroatoms. The van der Waals surface area contributed by atoms with Gasteiger partial charge in [0.15, 0.2) is 0 Å². The van der Waals surface area contributed by atoms with Crippen LogP contribution in [0.5, 0.6) is 11.5 Å². The number of carbonyl (C=O) groups is 4. The number of phenolic OH excluding ortho intramolecular Hbond substituents is 2. The normalized spacial score (nSPS) is 22.6. The summed E-state index contributed by atoms with van der Waals surface area (Å²) in [6.45, 7) is 4.42. The Bertz CT molecular complexity index is 2350. The molecule has 4 aromatic rings. The minimum absolute atomic E-state index is 0.0217. The number of hydrogen-bond acceptors (Lipinski definition) is 9. The Morgan fingerprint density at radius 3 is 1.88 bits per heavy atom. The molecule has 3 unspecified atom stereocenters. The van der Waals surface area contributed by atoms with Gasteiger partial charge in [0.1, 0.15) is 23.4 Å². The number of piperazine rings is 1. The van der Waals surface area contributed by atoms with Crippen molar-refractivity contribution in [1.82, 2.24) is 15.1 Å². The molecular weight excluding hydrogens is 785 g/mol. The lowest BCUT2D eigenvalue weighted by atomic mass is 9.88. The van der Waals surface area contributed by atoms with Crippen molar-refractivity contribution in [3.8, 4) is 11.5 Å². The number of benzene rings is 4. The topological polar surface area (TPSA) is 134 Å². The van der Waals surface area contributed by atoms with Crippen LogP contribution < -0.4 is 15.1 Å². The molecule has 310 valence electrons. The molecule has 0 aliphatic carbocycles. The lowest BCUT2D eigenvalue weighted by molar-refractivity contribution is -0.136. The molecule has 9 rings (SSSR count). The second-order valence-electron chi connectivity index (χ2n) is 16.7. The number of likely N-dealkylation sites (tertiary alicyclic amines) is 1. The highest BCUT2D eigenvalue weighted by Crippen LogP contribution is 2.41. The zero-order valence-electron chi connectivity index (χ0n) is 33.2. The van der Waals surface area contributed by atoms with Gasteiger partial charge in [0.25, 0.3) is 11.8 Å². The summed E-state index contributed by atoms with van der Waals surface area (Å²) in [5.74, 6) is -1.67. The number of hydrogen-bond donors (Lipinski definition) is 3. The molecule has 4 aromatic carbocycles. The minimum atomic E-state index is -1.10. The van der Waals surface area contributed by atoms with Crippen molar-refractivity contribution in [1.29, 1.82) is 0 Å². The van der Waals surface area contributed by atoms with Gasteiger partial charge < -0.3 is 20.0 Å². The second-order valence-corrected chi connectivity index (χ2v) is 17.0. The molecule has 0 spiro atoms. The highest BCUT2D eigenvalue weighted by atomic mass is 35.5. The Hall–Kier alpha value is -5.72. The number of piperidine rings is 2. The zero-order chi connectivity index (χ0) is 41.7. The number of halogens is 2. The summed E-state index contributed by atoms with van der Waals surface area (Å²) in [6.07, 6.45) is 4.61. The summed E-state index contributed by atoms with van der Waals surface area (Å²) in [5.41, 5.74) is 6.60. The number of anilines is 2. The number of amides is 4. The van der Waals surface area contributed by atoms with E-state index in [1.165, 1.54) is 6.07 Å². The average molecular weight is 832 g/mol. The standard InChI is InChI=1S/C47H47ClFN5O6/c48-20-17-37(29-3-11-35(55)12-4-29)44(31-5-13-36(56)14-6-31)30-1-7-32(8-2-30)52-21-18-28(19-22-52)25-51-26-33-9-10-34(27-51)53(33)42-24-39-38(23-40(42)49)46(59)54(47(39)60)41-15-16-43(57)50-45(41)58/h1-8,11-14,23-24,28,33-34,41,55-56H,9-10,15-22,25-27H2,(H,50,57,58). The van der Waals surface area contributed by atoms with Crippen LogP contribution in [0.2, 0.25) is 0 Å². The van der Waals surface area contributed by atoms with Crippen molar-refractivity contribution in [2.24, 2.45) is 5.92 Å². The van der Waals surface area contributed by atoms with Gasteiger partial charge >= 0.3 is 0 Å². The molecule has 4 fully saturated rings. The maximum absolute atomic E-state index is 15.9. The molecule has 3 atom stereocenters. The van der Waals surface area contributed by atoms with Crippen LogP contribution in [0.3, 0.4) is 0 Å². The Morgan fingerprint density at radius 1 is 0.733 bits per heavy atom. The molecule has 3 N–H and O–H groups in total. The first-order chi connectivity index (χ1) is 29.1. The first-order valence-electron chi connectivity index (χ1n) is 20.9. The average Bonchev–Trinajstić information content (AvgIpc) is 3.64. The van der Waals surface area contributed by atoms with Crippen molar-refractivity contribution in [3.63, 3.8) is 0 Å². The molecule has 0 saturated carbocycles. The number of carbonyl (C=O) groups excluding carboxylic acids is 4. The van der Waals surface area contributed by atoms with Gasteiger partial charge in [0, 0.05) is 62.8 Å². The van der Waals surface area contributed by atoms with Crippen LogP contribution in [0.1, 0.15) is 82.4 Å². The van der Waals surface area contributed by atoms with E-state index in [9.17, 15) is 29.4 Å². The lowest BCUT2D eigenvalue weighted by Crippen LogP contribution is -2.55. The van der Waals surface area contributed by atoms with E-state index in [0.717, 1.165) is 103 Å². The Morgan fingerprint density at radius 2 is 1.30 bits per heavy atom. The number of fused-ring (bicyclic) bond motifs is 3. The molecule has 5 aliphatic rings. The summed E-state index contributed by atoms with van der Waals surface area (Å²) in [4.78, 5) is 59.0. The predicted octanol–water partition coefficient (Wildman–Crippen LogP) is 6.80. The van der Waals surface area contributed by atoms with E-state index in [4.69, 9.17) is 11.6 Å². The third-order valence-corrected chi connectivity index (χ3v) is 13.2. The van der Waals surface area contributed by atoms with E-state index in [1.54, 1.807) is 24.3 Å². The molecule has 0 aromatic heterocycles. The van der Waals surface area contributed by atoms with Gasteiger partial charge in [0.05, 0.1) is 16.8 Å². The molecule has 4 saturated heterocycles. The van der Waals surface area contributed by atoms with Gasteiger partial charge in [-0.25, -0.2) is 4.39 Å². The Balaban J connectivity index is 0.845. The number of nitrogens with one attached hydrogen (secondary N) is 1. The third kappa shape index (κ3) is 7.51. The molecule has 5 heterocycles.